The molecule has 23 heavy (non-hydrogen) atoms. The van der Waals surface area contributed by atoms with Gasteiger partial charge in [0.15, 0.2) is 11.5 Å². The van der Waals surface area contributed by atoms with Gasteiger partial charge in [0.05, 0.1) is 5.69 Å². The van der Waals surface area contributed by atoms with Crippen LogP contribution in [0.2, 0.25) is 0 Å². The molecule has 1 aliphatic heterocycles. The van der Waals surface area contributed by atoms with Crippen LogP contribution in [0.15, 0.2) is 17.0 Å². The second-order valence-corrected chi connectivity index (χ2v) is 6.57. The van der Waals surface area contributed by atoms with Crippen molar-refractivity contribution in [2.75, 3.05) is 31.3 Å². The Morgan fingerprint density at radius 3 is 2.65 bits per heavy atom. The average Bonchev–Trinajstić information content (AvgIpc) is 3.03. The van der Waals surface area contributed by atoms with E-state index in [0.717, 1.165) is 35.6 Å². The highest BCUT2D eigenvalue weighted by molar-refractivity contribution is 7.98. The van der Waals surface area contributed by atoms with Gasteiger partial charge in [-0.15, -0.1) is 24.2 Å². The first-order chi connectivity index (χ1) is 10.7. The largest absolute Gasteiger partial charge is 0.486 e. The van der Waals surface area contributed by atoms with E-state index in [4.69, 9.17) is 15.2 Å². The van der Waals surface area contributed by atoms with E-state index in [2.05, 4.69) is 5.32 Å². The van der Waals surface area contributed by atoms with Crippen molar-refractivity contribution in [2.24, 2.45) is 17.6 Å². The number of amides is 1. The van der Waals surface area contributed by atoms with Crippen LogP contribution in [0.25, 0.3) is 0 Å². The van der Waals surface area contributed by atoms with Gasteiger partial charge in [-0.1, -0.05) is 6.42 Å². The second kappa shape index (κ2) is 8.13. The lowest BCUT2D eigenvalue weighted by molar-refractivity contribution is -0.120. The molecule has 1 saturated carbocycles. The van der Waals surface area contributed by atoms with E-state index < -0.39 is 0 Å². The zero-order valence-electron chi connectivity index (χ0n) is 13.2. The number of halogens is 1. The summed E-state index contributed by atoms with van der Waals surface area (Å²) >= 11 is 1.58. The van der Waals surface area contributed by atoms with Gasteiger partial charge in [-0.25, -0.2) is 0 Å². The molecule has 0 spiro atoms. The first-order valence-corrected chi connectivity index (χ1v) is 8.94. The Labute approximate surface area is 147 Å². The molecule has 1 aromatic carbocycles. The van der Waals surface area contributed by atoms with Crippen LogP contribution >= 0.6 is 24.2 Å². The fraction of sp³-hybridized carbons (Fsp3) is 0.562. The molecule has 128 valence electrons. The van der Waals surface area contributed by atoms with E-state index >= 15 is 0 Å². The molecule has 2 aliphatic rings. The molecule has 0 saturated heterocycles. The first-order valence-electron chi connectivity index (χ1n) is 7.71. The molecule has 5 nitrogen and oxygen atoms in total. The smallest absolute Gasteiger partial charge is 0.227 e. The van der Waals surface area contributed by atoms with Gasteiger partial charge in [-0.05, 0) is 37.6 Å². The number of anilines is 1. The van der Waals surface area contributed by atoms with Crippen molar-refractivity contribution >= 4 is 35.8 Å². The van der Waals surface area contributed by atoms with Crippen LogP contribution in [0.5, 0.6) is 11.5 Å². The van der Waals surface area contributed by atoms with Crippen LogP contribution in [0.4, 0.5) is 5.69 Å². The third-order valence-electron chi connectivity index (χ3n) is 4.42. The Morgan fingerprint density at radius 1 is 1.30 bits per heavy atom. The molecule has 0 aromatic heterocycles. The van der Waals surface area contributed by atoms with Crippen molar-refractivity contribution < 1.29 is 14.3 Å². The molecule has 1 fully saturated rings. The molecule has 0 unspecified atom stereocenters. The highest BCUT2D eigenvalue weighted by atomic mass is 35.5. The Bertz CT molecular complexity index is 571. The number of nitrogens with one attached hydrogen (secondary N) is 1. The molecule has 0 radical (unpaired) electrons. The summed E-state index contributed by atoms with van der Waals surface area (Å²) in [6.07, 6.45) is 5.04. The monoisotopic (exact) mass is 358 g/mol. The van der Waals surface area contributed by atoms with E-state index in [0.29, 0.717) is 31.4 Å². The molecular formula is C16H23ClN2O3S. The van der Waals surface area contributed by atoms with Crippen molar-refractivity contribution in [2.45, 2.75) is 24.2 Å². The van der Waals surface area contributed by atoms with E-state index in [1.54, 1.807) is 11.8 Å². The highest BCUT2D eigenvalue weighted by Gasteiger charge is 2.32. The van der Waals surface area contributed by atoms with Gasteiger partial charge in [0.1, 0.15) is 13.2 Å². The summed E-state index contributed by atoms with van der Waals surface area (Å²) in [5.74, 6) is 1.83. The van der Waals surface area contributed by atoms with E-state index in [-0.39, 0.29) is 24.2 Å². The minimum atomic E-state index is 0. The predicted octanol–water partition coefficient (Wildman–Crippen LogP) is 2.92. The number of rotatable bonds is 4. The zero-order valence-corrected chi connectivity index (χ0v) is 14.8. The zero-order chi connectivity index (χ0) is 15.5. The summed E-state index contributed by atoms with van der Waals surface area (Å²) in [4.78, 5) is 13.6. The molecule has 3 rings (SSSR count). The van der Waals surface area contributed by atoms with Gasteiger partial charge in [0.2, 0.25) is 5.91 Å². The summed E-state index contributed by atoms with van der Waals surface area (Å²) < 4.78 is 11.2. The normalized spacial score (nSPS) is 22.3. The second-order valence-electron chi connectivity index (χ2n) is 5.72. The standard InChI is InChI=1S/C16H22N2O3S.ClH/c1-22-15-8-14-13(20-5-6-21-14)7-12(15)18-16(19)11-4-2-3-10(11)9-17;/h7-8,10-11H,2-6,9,17H2,1H3,(H,18,19);1H/t10-,11-;/m1./s1. The quantitative estimate of drug-likeness (QED) is 0.809. The average molecular weight is 359 g/mol. The number of carbonyl (C=O) groups excluding carboxylic acids is 1. The number of hydrogen-bond acceptors (Lipinski definition) is 5. The van der Waals surface area contributed by atoms with Gasteiger partial charge in [-0.3, -0.25) is 4.79 Å². The van der Waals surface area contributed by atoms with Gasteiger partial charge in [-0.2, -0.15) is 0 Å². The fourth-order valence-electron chi connectivity index (χ4n) is 3.23. The Balaban J connectivity index is 0.00000192. The summed E-state index contributed by atoms with van der Waals surface area (Å²) in [5, 5.41) is 3.07. The van der Waals surface area contributed by atoms with Crippen molar-refractivity contribution in [1.82, 2.24) is 0 Å². The maximum absolute atomic E-state index is 12.6. The molecule has 1 amide bonds. The molecule has 3 N–H and O–H groups in total. The molecule has 0 bridgehead atoms. The number of carbonyl (C=O) groups is 1. The summed E-state index contributed by atoms with van der Waals surface area (Å²) in [7, 11) is 0. The van der Waals surface area contributed by atoms with Crippen molar-refractivity contribution in [3.8, 4) is 11.5 Å². The van der Waals surface area contributed by atoms with Gasteiger partial charge in [0, 0.05) is 16.9 Å². The molecule has 1 aromatic rings. The lowest BCUT2D eigenvalue weighted by Gasteiger charge is -2.22. The molecular weight excluding hydrogens is 336 g/mol. The summed E-state index contributed by atoms with van der Waals surface area (Å²) in [5.41, 5.74) is 6.58. The lowest BCUT2D eigenvalue weighted by Crippen LogP contribution is -2.30. The number of hydrogen-bond donors (Lipinski definition) is 2. The van der Waals surface area contributed by atoms with Crippen LogP contribution in [0.1, 0.15) is 19.3 Å². The van der Waals surface area contributed by atoms with Crippen molar-refractivity contribution in [3.63, 3.8) is 0 Å². The lowest BCUT2D eigenvalue weighted by atomic mass is 9.95. The van der Waals surface area contributed by atoms with Crippen LogP contribution in [-0.4, -0.2) is 31.9 Å². The predicted molar refractivity (Wildman–Crippen MR) is 95.0 cm³/mol. The van der Waals surface area contributed by atoms with E-state index in [1.807, 2.05) is 18.4 Å². The maximum Gasteiger partial charge on any atom is 0.227 e. The van der Waals surface area contributed by atoms with Crippen LogP contribution in [0, 0.1) is 11.8 Å². The first kappa shape index (κ1) is 18.2. The van der Waals surface area contributed by atoms with Crippen LogP contribution in [0.3, 0.4) is 0 Å². The Hall–Kier alpha value is -1.11. The van der Waals surface area contributed by atoms with Gasteiger partial charge >= 0.3 is 0 Å². The Morgan fingerprint density at radius 2 is 2.00 bits per heavy atom. The fourth-order valence-corrected chi connectivity index (χ4v) is 3.78. The third kappa shape index (κ3) is 3.87. The summed E-state index contributed by atoms with van der Waals surface area (Å²) in [6.45, 7) is 1.68. The van der Waals surface area contributed by atoms with Crippen molar-refractivity contribution in [1.29, 1.82) is 0 Å². The Kier molecular flexibility index (Phi) is 6.44. The van der Waals surface area contributed by atoms with E-state index in [9.17, 15) is 4.79 Å². The summed E-state index contributed by atoms with van der Waals surface area (Å²) in [6, 6.07) is 3.80. The third-order valence-corrected chi connectivity index (χ3v) is 5.20. The number of ether oxygens (including phenoxy) is 2. The maximum atomic E-state index is 12.6. The minimum Gasteiger partial charge on any atom is -0.486 e. The number of benzene rings is 1. The molecule has 2 atom stereocenters. The number of thioether (sulfide) groups is 1. The van der Waals surface area contributed by atoms with Gasteiger partial charge in [0.25, 0.3) is 0 Å². The highest BCUT2D eigenvalue weighted by Crippen LogP contribution is 2.40. The number of nitrogens with two attached hydrogens (primary N) is 1. The number of fused-ring (bicyclic) bond motifs is 1. The van der Waals surface area contributed by atoms with E-state index in [1.165, 1.54) is 0 Å². The topological polar surface area (TPSA) is 73.6 Å². The SMILES string of the molecule is CSc1cc2c(cc1NC(=O)[C@@H]1CCC[C@@H]1CN)OCCO2.Cl. The van der Waals surface area contributed by atoms with Crippen molar-refractivity contribution in [3.05, 3.63) is 12.1 Å². The van der Waals surface area contributed by atoms with Crippen LogP contribution in [-0.2, 0) is 4.79 Å². The van der Waals surface area contributed by atoms with Crippen LogP contribution < -0.4 is 20.5 Å². The molecule has 1 aliphatic carbocycles. The van der Waals surface area contributed by atoms with Gasteiger partial charge < -0.3 is 20.5 Å². The molecule has 7 heteroatoms. The minimum absolute atomic E-state index is 0. The molecule has 1 heterocycles.